The van der Waals surface area contributed by atoms with E-state index in [0.29, 0.717) is 11.5 Å². The number of imidazole rings is 1. The number of aryl methyl sites for hydroxylation is 2. The summed E-state index contributed by atoms with van der Waals surface area (Å²) in [7, 11) is 0. The predicted octanol–water partition coefficient (Wildman–Crippen LogP) is 4.30. The third-order valence-corrected chi connectivity index (χ3v) is 5.73. The normalized spacial score (nSPS) is 14.7. The van der Waals surface area contributed by atoms with E-state index in [1.165, 1.54) is 0 Å². The van der Waals surface area contributed by atoms with Gasteiger partial charge in [-0.3, -0.25) is 14.7 Å². The molecule has 0 unspecified atom stereocenters. The van der Waals surface area contributed by atoms with E-state index in [4.69, 9.17) is 0 Å². The molecular weight excluding hydrogens is 388 g/mol. The van der Waals surface area contributed by atoms with Crippen LogP contribution >= 0.6 is 0 Å². The quantitative estimate of drug-likeness (QED) is 0.503. The number of fused-ring (bicyclic) bond motifs is 1. The highest BCUT2D eigenvalue weighted by atomic mass is 16.2. The Labute approximate surface area is 180 Å². The average molecular weight is 410 g/mol. The third-order valence-electron chi connectivity index (χ3n) is 5.73. The van der Waals surface area contributed by atoms with Crippen molar-refractivity contribution < 1.29 is 4.79 Å². The molecule has 0 atom stereocenters. The van der Waals surface area contributed by atoms with Gasteiger partial charge in [0.25, 0.3) is 0 Å². The highest BCUT2D eigenvalue weighted by Crippen LogP contribution is 2.46. The van der Waals surface area contributed by atoms with Gasteiger partial charge in [-0.2, -0.15) is 0 Å². The SMILES string of the molecule is Cc1cc(-n2cnc(-c3ccc4c(c3)N(c3cnc(C)nc3)C(=O)C4(C)C)c2)ccn1. The molecule has 0 saturated carbocycles. The number of benzene rings is 1. The Bertz CT molecular complexity index is 1310. The van der Waals surface area contributed by atoms with Gasteiger partial charge in [0.1, 0.15) is 5.82 Å². The molecule has 1 amide bonds. The summed E-state index contributed by atoms with van der Waals surface area (Å²) < 4.78 is 1.97. The predicted molar refractivity (Wildman–Crippen MR) is 118 cm³/mol. The fourth-order valence-electron chi connectivity index (χ4n) is 3.97. The first-order valence-electron chi connectivity index (χ1n) is 10.1. The van der Waals surface area contributed by atoms with Crippen molar-refractivity contribution in [1.29, 1.82) is 0 Å². The summed E-state index contributed by atoms with van der Waals surface area (Å²) in [5.74, 6) is 0.672. The zero-order chi connectivity index (χ0) is 21.8. The van der Waals surface area contributed by atoms with Crippen molar-refractivity contribution in [1.82, 2.24) is 24.5 Å². The number of anilines is 2. The first-order valence-corrected chi connectivity index (χ1v) is 10.1. The van der Waals surface area contributed by atoms with E-state index in [1.807, 2.05) is 68.8 Å². The van der Waals surface area contributed by atoms with Crippen molar-refractivity contribution in [2.45, 2.75) is 33.1 Å². The zero-order valence-electron chi connectivity index (χ0n) is 17.9. The fourth-order valence-corrected chi connectivity index (χ4v) is 3.97. The van der Waals surface area contributed by atoms with E-state index < -0.39 is 5.41 Å². The van der Waals surface area contributed by atoms with E-state index in [1.54, 1.807) is 29.8 Å². The van der Waals surface area contributed by atoms with Crippen molar-refractivity contribution in [3.63, 3.8) is 0 Å². The van der Waals surface area contributed by atoms with Gasteiger partial charge in [0.15, 0.2) is 0 Å². The van der Waals surface area contributed by atoms with E-state index in [9.17, 15) is 4.79 Å². The first kappa shape index (κ1) is 19.1. The number of carbonyl (C=O) groups is 1. The highest BCUT2D eigenvalue weighted by Gasteiger charge is 2.44. The maximum atomic E-state index is 13.3. The summed E-state index contributed by atoms with van der Waals surface area (Å²) in [6, 6.07) is 10.0. The van der Waals surface area contributed by atoms with Crippen LogP contribution in [-0.2, 0) is 10.2 Å². The van der Waals surface area contributed by atoms with Gasteiger partial charge in [0, 0.05) is 29.3 Å². The molecule has 0 N–H and O–H groups in total. The zero-order valence-corrected chi connectivity index (χ0v) is 17.9. The second-order valence-corrected chi connectivity index (χ2v) is 8.31. The Balaban J connectivity index is 1.59. The molecule has 7 heteroatoms. The second-order valence-electron chi connectivity index (χ2n) is 8.31. The number of carbonyl (C=O) groups excluding carboxylic acids is 1. The standard InChI is InChI=1S/C24H22N6O/c1-15-9-18(7-8-25-15)29-13-21(28-14-29)17-5-6-20-22(10-17)30(23(31)24(20,3)4)19-11-26-16(2)27-12-19/h5-14H,1-4H3. The summed E-state index contributed by atoms with van der Waals surface area (Å²) in [6.45, 7) is 7.68. The molecule has 7 nitrogen and oxygen atoms in total. The van der Waals surface area contributed by atoms with Crippen LogP contribution in [-0.4, -0.2) is 30.4 Å². The van der Waals surface area contributed by atoms with Crippen molar-refractivity contribution in [2.75, 3.05) is 4.90 Å². The Morgan fingerprint density at radius 3 is 2.42 bits per heavy atom. The Kier molecular flexibility index (Phi) is 4.22. The average Bonchev–Trinajstić information content (AvgIpc) is 3.32. The lowest BCUT2D eigenvalue weighted by Crippen LogP contribution is -2.33. The van der Waals surface area contributed by atoms with Crippen LogP contribution < -0.4 is 4.90 Å². The molecule has 0 aliphatic carbocycles. The Morgan fingerprint density at radius 2 is 1.68 bits per heavy atom. The van der Waals surface area contributed by atoms with Gasteiger partial charge < -0.3 is 4.57 Å². The molecule has 31 heavy (non-hydrogen) atoms. The molecule has 3 aromatic heterocycles. The summed E-state index contributed by atoms with van der Waals surface area (Å²) >= 11 is 0. The fraction of sp³-hybridized carbons (Fsp3) is 0.208. The van der Waals surface area contributed by atoms with Gasteiger partial charge in [0.05, 0.1) is 41.2 Å². The van der Waals surface area contributed by atoms with Crippen LogP contribution in [0.3, 0.4) is 0 Å². The minimum atomic E-state index is -0.632. The minimum Gasteiger partial charge on any atom is -0.306 e. The number of nitrogens with zero attached hydrogens (tertiary/aromatic N) is 6. The molecule has 154 valence electrons. The Hall–Kier alpha value is -3.87. The van der Waals surface area contributed by atoms with Crippen molar-refractivity contribution in [3.8, 4) is 16.9 Å². The highest BCUT2D eigenvalue weighted by molar-refractivity contribution is 6.12. The lowest BCUT2D eigenvalue weighted by atomic mass is 9.86. The molecule has 4 aromatic rings. The van der Waals surface area contributed by atoms with Gasteiger partial charge in [0.2, 0.25) is 5.91 Å². The number of aromatic nitrogens is 5. The number of amides is 1. The van der Waals surface area contributed by atoms with Gasteiger partial charge in [-0.1, -0.05) is 12.1 Å². The Morgan fingerprint density at radius 1 is 0.903 bits per heavy atom. The van der Waals surface area contributed by atoms with Crippen LogP contribution in [0.5, 0.6) is 0 Å². The van der Waals surface area contributed by atoms with Crippen LogP contribution in [0.2, 0.25) is 0 Å². The maximum Gasteiger partial charge on any atom is 0.241 e. The molecule has 1 aromatic carbocycles. The molecular formula is C24H22N6O. The van der Waals surface area contributed by atoms with E-state index in [-0.39, 0.29) is 5.91 Å². The summed E-state index contributed by atoms with van der Waals surface area (Å²) in [6.07, 6.45) is 8.95. The molecule has 0 radical (unpaired) electrons. The van der Waals surface area contributed by atoms with Crippen molar-refractivity contribution >= 4 is 17.3 Å². The number of hydrogen-bond acceptors (Lipinski definition) is 5. The molecule has 0 spiro atoms. The van der Waals surface area contributed by atoms with Gasteiger partial charge in [-0.05, 0) is 51.5 Å². The number of pyridine rings is 1. The van der Waals surface area contributed by atoms with Crippen molar-refractivity contribution in [3.05, 3.63) is 78.5 Å². The molecule has 0 fully saturated rings. The molecule has 1 aliphatic rings. The summed E-state index contributed by atoms with van der Waals surface area (Å²) in [5, 5.41) is 0. The number of hydrogen-bond donors (Lipinski definition) is 0. The molecule has 4 heterocycles. The van der Waals surface area contributed by atoms with Crippen LogP contribution in [0.15, 0.2) is 61.4 Å². The smallest absolute Gasteiger partial charge is 0.241 e. The molecule has 0 bridgehead atoms. The maximum absolute atomic E-state index is 13.3. The van der Waals surface area contributed by atoms with Crippen LogP contribution in [0, 0.1) is 13.8 Å². The number of rotatable bonds is 3. The van der Waals surface area contributed by atoms with Crippen LogP contribution in [0.1, 0.15) is 30.9 Å². The summed E-state index contributed by atoms with van der Waals surface area (Å²) in [4.78, 5) is 32.4. The van der Waals surface area contributed by atoms with Gasteiger partial charge in [-0.25, -0.2) is 15.0 Å². The monoisotopic (exact) mass is 410 g/mol. The topological polar surface area (TPSA) is 76.8 Å². The lowest BCUT2D eigenvalue weighted by Gasteiger charge is -2.20. The molecule has 1 aliphatic heterocycles. The molecule has 5 rings (SSSR count). The largest absolute Gasteiger partial charge is 0.306 e. The van der Waals surface area contributed by atoms with E-state index >= 15 is 0 Å². The van der Waals surface area contributed by atoms with Gasteiger partial charge >= 0.3 is 0 Å². The first-order chi connectivity index (χ1) is 14.8. The van der Waals surface area contributed by atoms with Gasteiger partial charge in [-0.15, -0.1) is 0 Å². The third kappa shape index (κ3) is 3.09. The van der Waals surface area contributed by atoms with E-state index in [2.05, 4.69) is 19.9 Å². The van der Waals surface area contributed by atoms with Crippen LogP contribution in [0.4, 0.5) is 11.4 Å². The lowest BCUT2D eigenvalue weighted by molar-refractivity contribution is -0.121. The minimum absolute atomic E-state index is 0.00453. The van der Waals surface area contributed by atoms with E-state index in [0.717, 1.165) is 33.9 Å². The summed E-state index contributed by atoms with van der Waals surface area (Å²) in [5.41, 5.74) is 5.57. The van der Waals surface area contributed by atoms with Crippen molar-refractivity contribution in [2.24, 2.45) is 0 Å². The van der Waals surface area contributed by atoms with Crippen LogP contribution in [0.25, 0.3) is 16.9 Å². The molecule has 0 saturated heterocycles. The second kappa shape index (κ2) is 6.84.